The summed E-state index contributed by atoms with van der Waals surface area (Å²) in [6, 6.07) is 14.0. The summed E-state index contributed by atoms with van der Waals surface area (Å²) in [6.07, 6.45) is 1.47. The van der Waals surface area contributed by atoms with Crippen LogP contribution >= 0.6 is 23.2 Å². The van der Waals surface area contributed by atoms with Crippen LogP contribution in [0.1, 0.15) is 5.56 Å². The SMILES string of the molecule is O=C(COc1cccc(Cl)c1)NN=Cc1ccccc1Cl. The third-order valence-corrected chi connectivity index (χ3v) is 3.04. The highest BCUT2D eigenvalue weighted by Crippen LogP contribution is 2.16. The van der Waals surface area contributed by atoms with Crippen LogP contribution in [0.5, 0.6) is 5.75 Å². The van der Waals surface area contributed by atoms with Gasteiger partial charge in [0.15, 0.2) is 6.61 Å². The van der Waals surface area contributed by atoms with E-state index in [1.807, 2.05) is 12.1 Å². The molecular formula is C15H12Cl2N2O2. The molecule has 21 heavy (non-hydrogen) atoms. The summed E-state index contributed by atoms with van der Waals surface area (Å²) in [5, 5.41) is 4.92. The first-order chi connectivity index (χ1) is 10.1. The number of hydrogen-bond donors (Lipinski definition) is 1. The quantitative estimate of drug-likeness (QED) is 0.676. The molecule has 0 aliphatic carbocycles. The van der Waals surface area contributed by atoms with Gasteiger partial charge in [-0.05, 0) is 24.3 Å². The molecule has 4 nitrogen and oxygen atoms in total. The maximum atomic E-state index is 11.6. The fraction of sp³-hybridized carbons (Fsp3) is 0.0667. The summed E-state index contributed by atoms with van der Waals surface area (Å²) in [4.78, 5) is 11.6. The third kappa shape index (κ3) is 5.10. The van der Waals surface area contributed by atoms with Crippen LogP contribution in [0.4, 0.5) is 0 Å². The van der Waals surface area contributed by atoms with Gasteiger partial charge in [0.05, 0.1) is 6.21 Å². The molecule has 0 unspecified atom stereocenters. The molecule has 0 aliphatic heterocycles. The Hall–Kier alpha value is -2.04. The Labute approximate surface area is 132 Å². The Bertz CT molecular complexity index is 660. The monoisotopic (exact) mass is 322 g/mol. The van der Waals surface area contributed by atoms with Gasteiger partial charge in [-0.1, -0.05) is 47.5 Å². The van der Waals surface area contributed by atoms with Gasteiger partial charge in [-0.2, -0.15) is 5.10 Å². The second-order valence-corrected chi connectivity index (χ2v) is 4.90. The smallest absolute Gasteiger partial charge is 0.277 e. The maximum absolute atomic E-state index is 11.6. The second-order valence-electron chi connectivity index (χ2n) is 4.06. The lowest BCUT2D eigenvalue weighted by Crippen LogP contribution is -2.24. The maximum Gasteiger partial charge on any atom is 0.277 e. The molecule has 0 aromatic heterocycles. The molecule has 2 aromatic rings. The number of hydrogen-bond acceptors (Lipinski definition) is 3. The first kappa shape index (κ1) is 15.4. The van der Waals surface area contributed by atoms with Crippen molar-refractivity contribution in [2.45, 2.75) is 0 Å². The van der Waals surface area contributed by atoms with Gasteiger partial charge in [0.2, 0.25) is 0 Å². The van der Waals surface area contributed by atoms with Gasteiger partial charge in [-0.15, -0.1) is 0 Å². The molecule has 0 spiro atoms. The highest BCUT2D eigenvalue weighted by molar-refractivity contribution is 6.33. The standard InChI is InChI=1S/C15H12Cl2N2O2/c16-12-5-3-6-13(8-12)21-10-15(20)19-18-9-11-4-1-2-7-14(11)17/h1-9H,10H2,(H,19,20). The first-order valence-corrected chi connectivity index (χ1v) is 6.85. The lowest BCUT2D eigenvalue weighted by atomic mass is 10.2. The van der Waals surface area contributed by atoms with Crippen LogP contribution in [-0.4, -0.2) is 18.7 Å². The lowest BCUT2D eigenvalue weighted by molar-refractivity contribution is -0.123. The molecule has 6 heteroatoms. The van der Waals surface area contributed by atoms with E-state index in [4.69, 9.17) is 27.9 Å². The number of nitrogens with one attached hydrogen (secondary N) is 1. The second kappa shape index (κ2) is 7.67. The van der Waals surface area contributed by atoms with Crippen LogP contribution in [0.3, 0.4) is 0 Å². The molecule has 0 saturated heterocycles. The van der Waals surface area contributed by atoms with E-state index in [-0.39, 0.29) is 12.5 Å². The molecule has 0 heterocycles. The van der Waals surface area contributed by atoms with Crippen LogP contribution in [-0.2, 0) is 4.79 Å². The third-order valence-electron chi connectivity index (χ3n) is 2.46. The van der Waals surface area contributed by atoms with E-state index >= 15 is 0 Å². The lowest BCUT2D eigenvalue weighted by Gasteiger charge is -2.05. The van der Waals surface area contributed by atoms with Crippen LogP contribution in [0.25, 0.3) is 0 Å². The largest absolute Gasteiger partial charge is 0.484 e. The highest BCUT2D eigenvalue weighted by atomic mass is 35.5. The number of ether oxygens (including phenoxy) is 1. The Morgan fingerprint density at radius 2 is 2.00 bits per heavy atom. The van der Waals surface area contributed by atoms with Gasteiger partial charge < -0.3 is 4.74 Å². The Balaban J connectivity index is 1.81. The van der Waals surface area contributed by atoms with Crippen molar-refractivity contribution in [3.63, 3.8) is 0 Å². The van der Waals surface area contributed by atoms with Crippen molar-refractivity contribution < 1.29 is 9.53 Å². The van der Waals surface area contributed by atoms with E-state index in [0.29, 0.717) is 15.8 Å². The minimum atomic E-state index is -0.377. The number of nitrogens with zero attached hydrogens (tertiary/aromatic N) is 1. The fourth-order valence-corrected chi connectivity index (χ4v) is 1.86. The van der Waals surface area contributed by atoms with Gasteiger partial charge in [-0.3, -0.25) is 4.79 Å². The normalized spacial score (nSPS) is 10.6. The Kier molecular flexibility index (Phi) is 5.60. The topological polar surface area (TPSA) is 50.7 Å². The molecule has 108 valence electrons. The highest BCUT2D eigenvalue weighted by Gasteiger charge is 2.02. The average molecular weight is 323 g/mol. The van der Waals surface area contributed by atoms with Gasteiger partial charge in [0.25, 0.3) is 5.91 Å². The number of carbonyl (C=O) groups excluding carboxylic acids is 1. The minimum Gasteiger partial charge on any atom is -0.484 e. The molecule has 0 fully saturated rings. The van der Waals surface area contributed by atoms with E-state index in [1.165, 1.54) is 6.21 Å². The van der Waals surface area contributed by atoms with Crippen molar-refractivity contribution in [1.82, 2.24) is 5.43 Å². The van der Waals surface area contributed by atoms with Crippen LogP contribution in [0.2, 0.25) is 10.0 Å². The van der Waals surface area contributed by atoms with Gasteiger partial charge in [0.1, 0.15) is 5.75 Å². The molecule has 0 atom stereocenters. The number of carbonyl (C=O) groups is 1. The minimum absolute atomic E-state index is 0.153. The van der Waals surface area contributed by atoms with E-state index in [2.05, 4.69) is 10.5 Å². The molecule has 0 aliphatic rings. The summed E-state index contributed by atoms with van der Waals surface area (Å²) < 4.78 is 5.28. The molecule has 1 amide bonds. The van der Waals surface area contributed by atoms with E-state index < -0.39 is 0 Å². The Morgan fingerprint density at radius 1 is 1.19 bits per heavy atom. The van der Waals surface area contributed by atoms with Crippen LogP contribution in [0.15, 0.2) is 53.6 Å². The molecule has 0 radical (unpaired) electrons. The van der Waals surface area contributed by atoms with Crippen molar-refractivity contribution in [2.75, 3.05) is 6.61 Å². The van der Waals surface area contributed by atoms with E-state index in [1.54, 1.807) is 36.4 Å². The van der Waals surface area contributed by atoms with Crippen LogP contribution < -0.4 is 10.2 Å². The summed E-state index contributed by atoms with van der Waals surface area (Å²) in [6.45, 7) is -0.153. The zero-order valence-electron chi connectivity index (χ0n) is 10.9. The van der Waals surface area contributed by atoms with Crippen molar-refractivity contribution in [3.05, 3.63) is 64.1 Å². The predicted octanol–water partition coefficient (Wildman–Crippen LogP) is 3.52. The molecule has 1 N–H and O–H groups in total. The Morgan fingerprint density at radius 3 is 2.76 bits per heavy atom. The van der Waals surface area contributed by atoms with Crippen molar-refractivity contribution in [3.8, 4) is 5.75 Å². The molecule has 0 saturated carbocycles. The zero-order valence-corrected chi connectivity index (χ0v) is 12.4. The van der Waals surface area contributed by atoms with Gasteiger partial charge in [0, 0.05) is 15.6 Å². The molecule has 2 rings (SSSR count). The van der Waals surface area contributed by atoms with Crippen molar-refractivity contribution >= 4 is 35.3 Å². The molecule has 0 bridgehead atoms. The molecule has 2 aromatic carbocycles. The number of benzene rings is 2. The van der Waals surface area contributed by atoms with E-state index in [9.17, 15) is 4.79 Å². The molecular weight excluding hydrogens is 311 g/mol. The van der Waals surface area contributed by atoms with Crippen LogP contribution in [0, 0.1) is 0 Å². The van der Waals surface area contributed by atoms with E-state index in [0.717, 1.165) is 5.56 Å². The van der Waals surface area contributed by atoms with Crippen molar-refractivity contribution in [1.29, 1.82) is 0 Å². The number of rotatable bonds is 5. The number of halogens is 2. The summed E-state index contributed by atoms with van der Waals surface area (Å²) >= 11 is 11.8. The number of amides is 1. The average Bonchev–Trinajstić information content (AvgIpc) is 2.47. The van der Waals surface area contributed by atoms with Gasteiger partial charge >= 0.3 is 0 Å². The zero-order chi connectivity index (χ0) is 15.1. The summed E-state index contributed by atoms with van der Waals surface area (Å²) in [5.74, 6) is 0.144. The fourth-order valence-electron chi connectivity index (χ4n) is 1.49. The summed E-state index contributed by atoms with van der Waals surface area (Å²) in [5.41, 5.74) is 3.07. The van der Waals surface area contributed by atoms with Crippen molar-refractivity contribution in [2.24, 2.45) is 5.10 Å². The summed E-state index contributed by atoms with van der Waals surface area (Å²) in [7, 11) is 0. The van der Waals surface area contributed by atoms with Gasteiger partial charge in [-0.25, -0.2) is 5.43 Å². The first-order valence-electron chi connectivity index (χ1n) is 6.10. The number of hydrazone groups is 1. The predicted molar refractivity (Wildman–Crippen MR) is 84.1 cm³/mol.